The van der Waals surface area contributed by atoms with Crippen molar-refractivity contribution in [2.24, 2.45) is 0 Å². The summed E-state index contributed by atoms with van der Waals surface area (Å²) in [6.07, 6.45) is 3.15. The Balaban J connectivity index is 2.59. The van der Waals surface area contributed by atoms with Gasteiger partial charge in [-0.1, -0.05) is 0 Å². The van der Waals surface area contributed by atoms with E-state index in [2.05, 4.69) is 20.9 Å². The van der Waals surface area contributed by atoms with Crippen molar-refractivity contribution in [1.29, 1.82) is 0 Å². The number of benzene rings is 1. The predicted molar refractivity (Wildman–Crippen MR) is 57.3 cm³/mol. The molecule has 1 nitrogen and oxygen atoms in total. The molecule has 0 fully saturated rings. The Labute approximate surface area is 93.9 Å². The lowest BCUT2D eigenvalue weighted by Crippen LogP contribution is -1.85. The van der Waals surface area contributed by atoms with Gasteiger partial charge in [-0.15, -0.1) is 0 Å². The zero-order valence-electron chi connectivity index (χ0n) is 7.55. The number of pyridine rings is 1. The fourth-order valence-electron chi connectivity index (χ4n) is 1.32. The highest BCUT2D eigenvalue weighted by Crippen LogP contribution is 2.28. The van der Waals surface area contributed by atoms with Crippen molar-refractivity contribution >= 4 is 15.9 Å². The Morgan fingerprint density at radius 3 is 2.33 bits per heavy atom. The molecule has 2 aromatic rings. The van der Waals surface area contributed by atoms with E-state index >= 15 is 0 Å². The van der Waals surface area contributed by atoms with Crippen LogP contribution in [-0.2, 0) is 0 Å². The van der Waals surface area contributed by atoms with Crippen molar-refractivity contribution in [3.63, 3.8) is 0 Å². The molecule has 0 saturated carbocycles. The van der Waals surface area contributed by atoms with Gasteiger partial charge in [-0.05, 0) is 45.3 Å². The van der Waals surface area contributed by atoms with Gasteiger partial charge in [0.05, 0.1) is 0 Å². The maximum Gasteiger partial charge on any atom is 0.126 e. The Kier molecular flexibility index (Phi) is 2.77. The summed E-state index contributed by atoms with van der Waals surface area (Å²) in [5, 5.41) is 0. The van der Waals surface area contributed by atoms with Crippen molar-refractivity contribution in [3.8, 4) is 11.1 Å². The third-order valence-electron chi connectivity index (χ3n) is 1.95. The number of halogens is 3. The van der Waals surface area contributed by atoms with Gasteiger partial charge in [0, 0.05) is 22.9 Å². The van der Waals surface area contributed by atoms with Crippen LogP contribution < -0.4 is 0 Å². The predicted octanol–water partition coefficient (Wildman–Crippen LogP) is 3.79. The summed E-state index contributed by atoms with van der Waals surface area (Å²) in [6.45, 7) is 0. The highest BCUT2D eigenvalue weighted by molar-refractivity contribution is 9.10. The lowest BCUT2D eigenvalue weighted by atomic mass is 10.1. The minimum atomic E-state index is -0.589. The average Bonchev–Trinajstić information content (AvgIpc) is 2.16. The van der Waals surface area contributed by atoms with Crippen LogP contribution in [-0.4, -0.2) is 4.98 Å². The summed E-state index contributed by atoms with van der Waals surface area (Å²) < 4.78 is 26.7. The van der Waals surface area contributed by atoms with E-state index in [0.717, 1.165) is 6.07 Å². The summed E-state index contributed by atoms with van der Waals surface area (Å²) in [5.74, 6) is -1.18. The molecule has 0 atom stereocenters. The maximum atomic E-state index is 13.0. The minimum absolute atomic E-state index is 0.488. The molecule has 0 aliphatic heterocycles. The molecule has 0 amide bonds. The Morgan fingerprint density at radius 2 is 1.73 bits per heavy atom. The molecule has 4 heteroatoms. The summed E-state index contributed by atoms with van der Waals surface area (Å²) >= 11 is 3.27. The van der Waals surface area contributed by atoms with Crippen LogP contribution in [0.4, 0.5) is 8.78 Å². The van der Waals surface area contributed by atoms with E-state index in [1.165, 1.54) is 12.1 Å². The van der Waals surface area contributed by atoms with Gasteiger partial charge in [0.15, 0.2) is 0 Å². The second-order valence-electron chi connectivity index (χ2n) is 3.01. The summed E-state index contributed by atoms with van der Waals surface area (Å²) in [6, 6.07) is 5.10. The summed E-state index contributed by atoms with van der Waals surface area (Å²) in [5.41, 5.74) is 1.20. The summed E-state index contributed by atoms with van der Waals surface area (Å²) in [7, 11) is 0. The second kappa shape index (κ2) is 4.06. The number of nitrogens with zero attached hydrogens (tertiary/aromatic N) is 1. The van der Waals surface area contributed by atoms with Crippen LogP contribution in [0.15, 0.2) is 41.1 Å². The van der Waals surface area contributed by atoms with Gasteiger partial charge in [0.1, 0.15) is 11.6 Å². The van der Waals surface area contributed by atoms with Crippen LogP contribution in [0.3, 0.4) is 0 Å². The molecule has 1 aromatic carbocycles. The molecule has 0 N–H and O–H groups in total. The van der Waals surface area contributed by atoms with E-state index in [4.69, 9.17) is 0 Å². The SMILES string of the molecule is Fc1cc(F)cc(-c2ccncc2Br)c1. The van der Waals surface area contributed by atoms with Gasteiger partial charge in [-0.3, -0.25) is 4.98 Å². The van der Waals surface area contributed by atoms with E-state index in [-0.39, 0.29) is 0 Å². The second-order valence-corrected chi connectivity index (χ2v) is 3.87. The molecule has 0 aliphatic carbocycles. The molecule has 0 bridgehead atoms. The lowest BCUT2D eigenvalue weighted by Gasteiger charge is -2.04. The molecule has 0 spiro atoms. The van der Waals surface area contributed by atoms with Crippen molar-refractivity contribution in [3.05, 3.63) is 52.8 Å². The van der Waals surface area contributed by atoms with E-state index in [1.54, 1.807) is 18.5 Å². The summed E-state index contributed by atoms with van der Waals surface area (Å²) in [4.78, 5) is 3.88. The Bertz CT molecular complexity index is 479. The van der Waals surface area contributed by atoms with Gasteiger partial charge in [0.25, 0.3) is 0 Å². The number of hydrogen-bond acceptors (Lipinski definition) is 1. The first-order valence-corrected chi connectivity index (χ1v) is 5.02. The van der Waals surface area contributed by atoms with Crippen LogP contribution in [0.25, 0.3) is 11.1 Å². The highest BCUT2D eigenvalue weighted by Gasteiger charge is 2.06. The molecule has 0 radical (unpaired) electrons. The van der Waals surface area contributed by atoms with Crippen molar-refractivity contribution in [2.45, 2.75) is 0 Å². The normalized spacial score (nSPS) is 10.3. The zero-order chi connectivity index (χ0) is 10.8. The number of hydrogen-bond donors (Lipinski definition) is 0. The quantitative estimate of drug-likeness (QED) is 0.768. The molecule has 1 aromatic heterocycles. The maximum absolute atomic E-state index is 13.0. The Hall–Kier alpha value is -1.29. The zero-order valence-corrected chi connectivity index (χ0v) is 9.13. The third kappa shape index (κ3) is 2.21. The number of rotatable bonds is 1. The molecule has 15 heavy (non-hydrogen) atoms. The van der Waals surface area contributed by atoms with Crippen LogP contribution in [0.1, 0.15) is 0 Å². The largest absolute Gasteiger partial charge is 0.264 e. The number of aromatic nitrogens is 1. The van der Waals surface area contributed by atoms with Crippen LogP contribution in [0.5, 0.6) is 0 Å². The molecule has 1 heterocycles. The highest BCUT2D eigenvalue weighted by atomic mass is 79.9. The van der Waals surface area contributed by atoms with E-state index < -0.39 is 11.6 Å². The minimum Gasteiger partial charge on any atom is -0.264 e. The smallest absolute Gasteiger partial charge is 0.126 e. The molecular formula is C11H6BrF2N. The van der Waals surface area contributed by atoms with Crippen LogP contribution in [0, 0.1) is 11.6 Å². The Morgan fingerprint density at radius 1 is 1.07 bits per heavy atom. The van der Waals surface area contributed by atoms with Crippen molar-refractivity contribution in [2.75, 3.05) is 0 Å². The van der Waals surface area contributed by atoms with E-state index in [9.17, 15) is 8.78 Å². The molecule has 0 aliphatic rings. The van der Waals surface area contributed by atoms with Gasteiger partial charge >= 0.3 is 0 Å². The van der Waals surface area contributed by atoms with Gasteiger partial charge in [-0.2, -0.15) is 0 Å². The first-order valence-electron chi connectivity index (χ1n) is 4.23. The standard InChI is InChI=1S/C11H6BrF2N/c12-11-6-15-2-1-10(11)7-3-8(13)5-9(14)4-7/h1-6H. The van der Waals surface area contributed by atoms with Crippen LogP contribution >= 0.6 is 15.9 Å². The van der Waals surface area contributed by atoms with Crippen molar-refractivity contribution < 1.29 is 8.78 Å². The fraction of sp³-hybridized carbons (Fsp3) is 0. The molecule has 76 valence electrons. The third-order valence-corrected chi connectivity index (χ3v) is 2.58. The van der Waals surface area contributed by atoms with Crippen molar-refractivity contribution in [1.82, 2.24) is 4.98 Å². The molecule has 0 saturated heterocycles. The average molecular weight is 270 g/mol. The fourth-order valence-corrected chi connectivity index (χ4v) is 1.80. The molecular weight excluding hydrogens is 264 g/mol. The van der Waals surface area contributed by atoms with Gasteiger partial charge in [-0.25, -0.2) is 8.78 Å². The van der Waals surface area contributed by atoms with Crippen LogP contribution in [0.2, 0.25) is 0 Å². The van der Waals surface area contributed by atoms with E-state index in [0.29, 0.717) is 15.6 Å². The topological polar surface area (TPSA) is 12.9 Å². The molecule has 2 rings (SSSR count). The van der Waals surface area contributed by atoms with E-state index in [1.807, 2.05) is 0 Å². The van der Waals surface area contributed by atoms with Gasteiger partial charge < -0.3 is 0 Å². The van der Waals surface area contributed by atoms with Gasteiger partial charge in [0.2, 0.25) is 0 Å². The first-order chi connectivity index (χ1) is 7.16. The molecule has 0 unspecified atom stereocenters. The monoisotopic (exact) mass is 269 g/mol. The lowest BCUT2D eigenvalue weighted by molar-refractivity contribution is 0.584. The first kappa shape index (κ1) is 10.2.